The molecule has 3 rings (SSSR count). The molecule has 0 aromatic carbocycles. The number of aromatic amines is 2. The van der Waals surface area contributed by atoms with Gasteiger partial charge in [0.2, 0.25) is 0 Å². The molecule has 1 aliphatic heterocycles. The predicted molar refractivity (Wildman–Crippen MR) is 54.0 cm³/mol. The molecule has 0 atom stereocenters. The maximum absolute atomic E-state index is 4.38. The van der Waals surface area contributed by atoms with Crippen molar-refractivity contribution in [3.05, 3.63) is 30.4 Å². The summed E-state index contributed by atoms with van der Waals surface area (Å²) in [4.78, 5) is 10.9. The number of hydrogen-bond acceptors (Lipinski definition) is 2. The zero-order chi connectivity index (χ0) is 9.38. The number of nitrogens with zero attached hydrogens (tertiary/aromatic N) is 1. The van der Waals surface area contributed by atoms with Crippen LogP contribution in [0, 0.1) is 0 Å². The van der Waals surface area contributed by atoms with E-state index in [-0.39, 0.29) is 0 Å². The van der Waals surface area contributed by atoms with Gasteiger partial charge in [0.15, 0.2) is 0 Å². The summed E-state index contributed by atoms with van der Waals surface area (Å²) in [6.07, 6.45) is 3.81. The highest BCUT2D eigenvalue weighted by Gasteiger charge is 2.21. The molecule has 0 amide bonds. The maximum atomic E-state index is 4.38. The van der Waals surface area contributed by atoms with Crippen LogP contribution in [-0.2, 0) is 0 Å². The molecule has 1 aliphatic rings. The predicted octanol–water partition coefficient (Wildman–Crippen LogP) is 1.09. The highest BCUT2D eigenvalue weighted by molar-refractivity contribution is 5.53. The van der Waals surface area contributed by atoms with Gasteiger partial charge in [-0.25, -0.2) is 4.98 Å². The minimum Gasteiger partial charge on any atom is -0.360 e. The highest BCUT2D eigenvalue weighted by Crippen LogP contribution is 2.20. The van der Waals surface area contributed by atoms with Gasteiger partial charge in [-0.2, -0.15) is 0 Å². The maximum Gasteiger partial charge on any atom is 0.112 e. The smallest absolute Gasteiger partial charge is 0.112 e. The third kappa shape index (κ3) is 1.15. The molecule has 2 aromatic heterocycles. The quantitative estimate of drug-likeness (QED) is 0.660. The van der Waals surface area contributed by atoms with Crippen molar-refractivity contribution in [2.45, 2.75) is 5.92 Å². The number of nitrogens with one attached hydrogen (secondary N) is 3. The first-order valence-electron chi connectivity index (χ1n) is 4.83. The first kappa shape index (κ1) is 7.82. The zero-order valence-electron chi connectivity index (χ0n) is 7.75. The zero-order valence-corrected chi connectivity index (χ0v) is 7.75. The lowest BCUT2D eigenvalue weighted by Gasteiger charge is -2.24. The van der Waals surface area contributed by atoms with Gasteiger partial charge < -0.3 is 15.3 Å². The van der Waals surface area contributed by atoms with Crippen LogP contribution in [0.5, 0.6) is 0 Å². The third-order valence-corrected chi connectivity index (χ3v) is 2.65. The van der Waals surface area contributed by atoms with Gasteiger partial charge in [-0.1, -0.05) is 0 Å². The van der Waals surface area contributed by atoms with Crippen molar-refractivity contribution in [1.29, 1.82) is 0 Å². The van der Waals surface area contributed by atoms with Crippen molar-refractivity contribution in [3.63, 3.8) is 0 Å². The van der Waals surface area contributed by atoms with Gasteiger partial charge in [0.25, 0.3) is 0 Å². The minimum atomic E-state index is 0.568. The van der Waals surface area contributed by atoms with Crippen LogP contribution in [0.15, 0.2) is 24.5 Å². The van der Waals surface area contributed by atoms with Gasteiger partial charge in [0.1, 0.15) is 5.82 Å². The Morgan fingerprint density at radius 1 is 1.29 bits per heavy atom. The van der Waals surface area contributed by atoms with Crippen molar-refractivity contribution in [2.75, 3.05) is 13.1 Å². The van der Waals surface area contributed by atoms with E-state index in [1.165, 1.54) is 0 Å². The summed E-state index contributed by atoms with van der Waals surface area (Å²) in [6, 6.07) is 4.02. The average Bonchev–Trinajstić information content (AvgIpc) is 2.65. The van der Waals surface area contributed by atoms with E-state index >= 15 is 0 Å². The number of aromatic nitrogens is 3. The Balaban J connectivity index is 1.90. The van der Waals surface area contributed by atoms with Crippen LogP contribution in [0.2, 0.25) is 0 Å². The Morgan fingerprint density at radius 3 is 2.86 bits per heavy atom. The van der Waals surface area contributed by atoms with E-state index in [0.717, 1.165) is 30.3 Å². The van der Waals surface area contributed by atoms with Gasteiger partial charge in [0, 0.05) is 25.2 Å². The molecule has 0 unspecified atom stereocenters. The van der Waals surface area contributed by atoms with Crippen molar-refractivity contribution >= 4 is 0 Å². The second-order valence-corrected chi connectivity index (χ2v) is 3.62. The normalized spacial score (nSPS) is 16.9. The van der Waals surface area contributed by atoms with Crippen LogP contribution in [-0.4, -0.2) is 28.0 Å². The Morgan fingerprint density at radius 2 is 2.21 bits per heavy atom. The molecular formula is C10H12N4. The molecule has 0 aliphatic carbocycles. The SMILES string of the molecule is c1c[nH]c(-c2cnc(C3CNC3)[nH]2)c1. The molecular weight excluding hydrogens is 176 g/mol. The second kappa shape index (κ2) is 2.99. The molecule has 0 spiro atoms. The summed E-state index contributed by atoms with van der Waals surface area (Å²) in [5.41, 5.74) is 2.16. The number of hydrogen-bond donors (Lipinski definition) is 3. The summed E-state index contributed by atoms with van der Waals surface area (Å²) in [5, 5.41) is 3.24. The Hall–Kier alpha value is -1.55. The van der Waals surface area contributed by atoms with Crippen LogP contribution in [0.4, 0.5) is 0 Å². The van der Waals surface area contributed by atoms with E-state index in [2.05, 4.69) is 20.3 Å². The van der Waals surface area contributed by atoms with E-state index in [4.69, 9.17) is 0 Å². The van der Waals surface area contributed by atoms with Gasteiger partial charge in [-0.3, -0.25) is 0 Å². The molecule has 14 heavy (non-hydrogen) atoms. The molecule has 1 saturated heterocycles. The topological polar surface area (TPSA) is 56.5 Å². The van der Waals surface area contributed by atoms with Gasteiger partial charge in [-0.05, 0) is 12.1 Å². The molecule has 1 fully saturated rings. The summed E-state index contributed by atoms with van der Waals surface area (Å²) in [6.45, 7) is 2.08. The molecule has 2 aromatic rings. The molecule has 3 heterocycles. The molecule has 72 valence electrons. The highest BCUT2D eigenvalue weighted by atomic mass is 15.0. The Kier molecular flexibility index (Phi) is 1.67. The first-order chi connectivity index (χ1) is 6.93. The van der Waals surface area contributed by atoms with E-state index in [9.17, 15) is 0 Å². The van der Waals surface area contributed by atoms with Gasteiger partial charge >= 0.3 is 0 Å². The summed E-state index contributed by atoms with van der Waals surface area (Å²) < 4.78 is 0. The second-order valence-electron chi connectivity index (χ2n) is 3.62. The number of H-pyrrole nitrogens is 2. The number of imidazole rings is 1. The van der Waals surface area contributed by atoms with E-state index in [0.29, 0.717) is 5.92 Å². The average molecular weight is 188 g/mol. The van der Waals surface area contributed by atoms with Crippen molar-refractivity contribution < 1.29 is 0 Å². The Bertz CT molecular complexity index is 411. The fraction of sp³-hybridized carbons (Fsp3) is 0.300. The fourth-order valence-electron chi connectivity index (χ4n) is 1.66. The molecule has 3 N–H and O–H groups in total. The lowest BCUT2D eigenvalue weighted by atomic mass is 10.0. The molecule has 0 saturated carbocycles. The van der Waals surface area contributed by atoms with Crippen molar-refractivity contribution in [2.24, 2.45) is 0 Å². The van der Waals surface area contributed by atoms with Gasteiger partial charge in [0.05, 0.1) is 17.6 Å². The molecule has 4 nitrogen and oxygen atoms in total. The Labute approximate surface area is 81.8 Å². The monoisotopic (exact) mass is 188 g/mol. The summed E-state index contributed by atoms with van der Waals surface area (Å²) in [5.74, 6) is 1.66. The largest absolute Gasteiger partial charge is 0.360 e. The fourth-order valence-corrected chi connectivity index (χ4v) is 1.66. The van der Waals surface area contributed by atoms with Crippen LogP contribution >= 0.6 is 0 Å². The lowest BCUT2D eigenvalue weighted by molar-refractivity contribution is 0.433. The standard InChI is InChI=1S/C10H12N4/c1-2-8(12-3-1)9-6-13-10(14-9)7-4-11-5-7/h1-3,6-7,11-12H,4-5H2,(H,13,14). The van der Waals surface area contributed by atoms with E-state index in [1.807, 2.05) is 24.5 Å². The summed E-state index contributed by atoms with van der Waals surface area (Å²) in [7, 11) is 0. The van der Waals surface area contributed by atoms with E-state index < -0.39 is 0 Å². The van der Waals surface area contributed by atoms with Crippen LogP contribution in [0.3, 0.4) is 0 Å². The number of rotatable bonds is 2. The molecule has 0 radical (unpaired) electrons. The van der Waals surface area contributed by atoms with Crippen molar-refractivity contribution in [3.8, 4) is 11.4 Å². The van der Waals surface area contributed by atoms with Crippen molar-refractivity contribution in [1.82, 2.24) is 20.3 Å². The first-order valence-corrected chi connectivity index (χ1v) is 4.83. The van der Waals surface area contributed by atoms with Gasteiger partial charge in [-0.15, -0.1) is 0 Å². The molecule has 0 bridgehead atoms. The van der Waals surface area contributed by atoms with Crippen LogP contribution in [0.1, 0.15) is 11.7 Å². The van der Waals surface area contributed by atoms with E-state index in [1.54, 1.807) is 0 Å². The summed E-state index contributed by atoms with van der Waals surface area (Å²) >= 11 is 0. The minimum absolute atomic E-state index is 0.568. The third-order valence-electron chi connectivity index (χ3n) is 2.65. The van der Waals surface area contributed by atoms with Crippen LogP contribution < -0.4 is 5.32 Å². The van der Waals surface area contributed by atoms with Crippen LogP contribution in [0.25, 0.3) is 11.4 Å². The molecule has 4 heteroatoms. The lowest BCUT2D eigenvalue weighted by Crippen LogP contribution is -2.40.